The highest BCUT2D eigenvalue weighted by molar-refractivity contribution is 5.81. The van der Waals surface area contributed by atoms with E-state index in [0.29, 0.717) is 6.42 Å². The highest BCUT2D eigenvalue weighted by Crippen LogP contribution is 2.06. The summed E-state index contributed by atoms with van der Waals surface area (Å²) in [6, 6.07) is 7.48. The predicted octanol–water partition coefficient (Wildman–Crippen LogP) is 0.109. The number of amides is 1. The number of nitrogens with one attached hydrogen (secondary N) is 1. The van der Waals surface area contributed by atoms with E-state index in [0.717, 1.165) is 12.0 Å². The third-order valence-corrected chi connectivity index (χ3v) is 2.37. The zero-order valence-corrected chi connectivity index (χ0v) is 8.86. The molecule has 0 heterocycles. The van der Waals surface area contributed by atoms with Crippen molar-refractivity contribution in [1.29, 1.82) is 0 Å². The van der Waals surface area contributed by atoms with Crippen LogP contribution in [-0.2, 0) is 17.6 Å². The quantitative estimate of drug-likeness (QED) is 0.372. The summed E-state index contributed by atoms with van der Waals surface area (Å²) >= 11 is 0. The fraction of sp³-hybridized carbons (Fsp3) is 0.364. The van der Waals surface area contributed by atoms with Gasteiger partial charge in [0.1, 0.15) is 0 Å². The highest BCUT2D eigenvalue weighted by Gasteiger charge is 2.11. The molecule has 4 heteroatoms. The lowest BCUT2D eigenvalue weighted by Crippen LogP contribution is -2.45. The SMILES string of the molecule is CCc1ccc(CC(N)C(=O)NN)cc1. The summed E-state index contributed by atoms with van der Waals surface area (Å²) in [5, 5.41) is 0. The number of carbonyl (C=O) groups excluding carboxylic acids is 1. The normalized spacial score (nSPS) is 12.2. The predicted molar refractivity (Wildman–Crippen MR) is 59.8 cm³/mol. The Morgan fingerprint density at radius 2 is 1.87 bits per heavy atom. The number of benzene rings is 1. The van der Waals surface area contributed by atoms with E-state index in [4.69, 9.17) is 11.6 Å². The molecule has 0 bridgehead atoms. The van der Waals surface area contributed by atoms with Gasteiger partial charge in [-0.05, 0) is 24.0 Å². The molecule has 0 fully saturated rings. The summed E-state index contributed by atoms with van der Waals surface area (Å²) in [5.74, 6) is 4.65. The molecular weight excluding hydrogens is 190 g/mol. The van der Waals surface area contributed by atoms with Crippen LogP contribution in [0.1, 0.15) is 18.1 Å². The Bertz CT molecular complexity index is 321. The molecule has 0 aromatic heterocycles. The minimum Gasteiger partial charge on any atom is -0.320 e. The standard InChI is InChI=1S/C11H17N3O/c1-2-8-3-5-9(6-4-8)7-10(12)11(15)14-13/h3-6,10H,2,7,12-13H2,1H3,(H,14,15). The minimum atomic E-state index is -0.581. The Morgan fingerprint density at radius 1 is 1.33 bits per heavy atom. The van der Waals surface area contributed by atoms with E-state index in [1.165, 1.54) is 5.56 Å². The van der Waals surface area contributed by atoms with Crippen LogP contribution in [0, 0.1) is 0 Å². The topological polar surface area (TPSA) is 81.1 Å². The number of hydrogen-bond donors (Lipinski definition) is 3. The van der Waals surface area contributed by atoms with Crippen LogP contribution in [0.3, 0.4) is 0 Å². The van der Waals surface area contributed by atoms with E-state index in [1.807, 2.05) is 29.7 Å². The van der Waals surface area contributed by atoms with E-state index in [-0.39, 0.29) is 5.91 Å². The van der Waals surface area contributed by atoms with Gasteiger partial charge < -0.3 is 5.73 Å². The zero-order chi connectivity index (χ0) is 11.3. The minimum absolute atomic E-state index is 0.338. The molecule has 1 aromatic rings. The van der Waals surface area contributed by atoms with E-state index in [9.17, 15) is 4.79 Å². The average Bonchev–Trinajstić information content (AvgIpc) is 2.29. The highest BCUT2D eigenvalue weighted by atomic mass is 16.2. The molecular formula is C11H17N3O. The second-order valence-corrected chi connectivity index (χ2v) is 3.49. The van der Waals surface area contributed by atoms with Crippen LogP contribution in [0.15, 0.2) is 24.3 Å². The fourth-order valence-electron chi connectivity index (χ4n) is 1.36. The van der Waals surface area contributed by atoms with Gasteiger partial charge in [-0.1, -0.05) is 31.2 Å². The Morgan fingerprint density at radius 3 is 2.33 bits per heavy atom. The van der Waals surface area contributed by atoms with Crippen molar-refractivity contribution >= 4 is 5.91 Å². The van der Waals surface area contributed by atoms with Crippen molar-refractivity contribution in [3.63, 3.8) is 0 Å². The molecule has 0 aliphatic carbocycles. The molecule has 1 aromatic carbocycles. The van der Waals surface area contributed by atoms with Crippen molar-refractivity contribution in [2.75, 3.05) is 0 Å². The van der Waals surface area contributed by atoms with E-state index in [1.54, 1.807) is 0 Å². The van der Waals surface area contributed by atoms with Gasteiger partial charge in [-0.15, -0.1) is 0 Å². The van der Waals surface area contributed by atoms with Gasteiger partial charge in [-0.25, -0.2) is 5.84 Å². The van der Waals surface area contributed by atoms with Crippen LogP contribution in [0.5, 0.6) is 0 Å². The smallest absolute Gasteiger partial charge is 0.251 e. The number of hydrogen-bond acceptors (Lipinski definition) is 3. The van der Waals surface area contributed by atoms with Crippen molar-refractivity contribution < 1.29 is 4.79 Å². The molecule has 4 nitrogen and oxygen atoms in total. The van der Waals surface area contributed by atoms with Gasteiger partial charge in [0.2, 0.25) is 0 Å². The largest absolute Gasteiger partial charge is 0.320 e. The van der Waals surface area contributed by atoms with Gasteiger partial charge >= 0.3 is 0 Å². The molecule has 0 saturated carbocycles. The van der Waals surface area contributed by atoms with Crippen molar-refractivity contribution in [3.8, 4) is 0 Å². The molecule has 1 unspecified atom stereocenters. The molecule has 1 atom stereocenters. The Labute approximate surface area is 89.6 Å². The fourth-order valence-corrected chi connectivity index (χ4v) is 1.36. The van der Waals surface area contributed by atoms with Crippen LogP contribution < -0.4 is 17.0 Å². The maximum atomic E-state index is 11.1. The molecule has 0 aliphatic rings. The summed E-state index contributed by atoms with van der Waals surface area (Å²) in [4.78, 5) is 11.1. The van der Waals surface area contributed by atoms with Crippen molar-refractivity contribution in [1.82, 2.24) is 5.43 Å². The number of carbonyl (C=O) groups is 1. The maximum Gasteiger partial charge on any atom is 0.251 e. The third kappa shape index (κ3) is 3.34. The molecule has 1 rings (SSSR count). The average molecular weight is 207 g/mol. The molecule has 82 valence electrons. The third-order valence-electron chi connectivity index (χ3n) is 2.37. The first kappa shape index (κ1) is 11.7. The molecule has 0 spiro atoms. The van der Waals surface area contributed by atoms with Crippen LogP contribution in [0.25, 0.3) is 0 Å². The summed E-state index contributed by atoms with van der Waals surface area (Å²) in [6.07, 6.45) is 1.52. The van der Waals surface area contributed by atoms with Crippen molar-refractivity contribution in [2.24, 2.45) is 11.6 Å². The Kier molecular flexibility index (Phi) is 4.27. The van der Waals surface area contributed by atoms with Gasteiger partial charge in [-0.2, -0.15) is 0 Å². The van der Waals surface area contributed by atoms with Crippen molar-refractivity contribution in [2.45, 2.75) is 25.8 Å². The lowest BCUT2D eigenvalue weighted by atomic mass is 10.0. The molecule has 0 saturated heterocycles. The van der Waals surface area contributed by atoms with Crippen LogP contribution in [0.4, 0.5) is 0 Å². The van der Waals surface area contributed by atoms with Crippen LogP contribution >= 0.6 is 0 Å². The first-order chi connectivity index (χ1) is 7.17. The van der Waals surface area contributed by atoms with Gasteiger partial charge in [0.25, 0.3) is 5.91 Å². The van der Waals surface area contributed by atoms with Gasteiger partial charge in [0.15, 0.2) is 0 Å². The summed E-state index contributed by atoms with van der Waals surface area (Å²) in [6.45, 7) is 2.10. The second-order valence-electron chi connectivity index (χ2n) is 3.49. The molecule has 5 N–H and O–H groups in total. The number of rotatable bonds is 4. The molecule has 0 radical (unpaired) electrons. The number of aryl methyl sites for hydroxylation is 1. The second kappa shape index (κ2) is 5.48. The molecule has 0 aliphatic heterocycles. The van der Waals surface area contributed by atoms with Gasteiger partial charge in [-0.3, -0.25) is 10.2 Å². The van der Waals surface area contributed by atoms with E-state index < -0.39 is 6.04 Å². The molecule has 15 heavy (non-hydrogen) atoms. The maximum absolute atomic E-state index is 11.1. The molecule has 1 amide bonds. The van der Waals surface area contributed by atoms with Crippen molar-refractivity contribution in [3.05, 3.63) is 35.4 Å². The van der Waals surface area contributed by atoms with Gasteiger partial charge in [0.05, 0.1) is 6.04 Å². The van der Waals surface area contributed by atoms with Crippen LogP contribution in [-0.4, -0.2) is 11.9 Å². The lowest BCUT2D eigenvalue weighted by molar-refractivity contribution is -0.122. The first-order valence-electron chi connectivity index (χ1n) is 5.01. The summed E-state index contributed by atoms with van der Waals surface area (Å²) < 4.78 is 0. The van der Waals surface area contributed by atoms with Crippen LogP contribution in [0.2, 0.25) is 0 Å². The zero-order valence-electron chi connectivity index (χ0n) is 8.86. The Hall–Kier alpha value is -1.39. The Balaban J connectivity index is 2.60. The number of hydrazine groups is 1. The van der Waals surface area contributed by atoms with Gasteiger partial charge in [0, 0.05) is 0 Å². The van der Waals surface area contributed by atoms with E-state index >= 15 is 0 Å². The number of nitrogens with two attached hydrogens (primary N) is 2. The summed E-state index contributed by atoms with van der Waals surface area (Å²) in [5.41, 5.74) is 10.0. The lowest BCUT2D eigenvalue weighted by Gasteiger charge is -2.09. The van der Waals surface area contributed by atoms with E-state index in [2.05, 4.69) is 6.92 Å². The monoisotopic (exact) mass is 207 g/mol. The first-order valence-corrected chi connectivity index (χ1v) is 5.01. The summed E-state index contributed by atoms with van der Waals surface area (Å²) in [7, 11) is 0.